The van der Waals surface area contributed by atoms with Crippen LogP contribution in [0.3, 0.4) is 0 Å². The van der Waals surface area contributed by atoms with E-state index in [9.17, 15) is 0 Å². The van der Waals surface area contributed by atoms with Gasteiger partial charge in [0, 0.05) is 38.7 Å². The molecule has 0 N–H and O–H groups in total. The highest BCUT2D eigenvalue weighted by molar-refractivity contribution is 7.68. The smallest absolute Gasteiger partial charge is 0.238 e. The summed E-state index contributed by atoms with van der Waals surface area (Å²) in [6, 6.07) is 35.1. The Kier molecular flexibility index (Phi) is 7.61. The quantitative estimate of drug-likeness (QED) is 0.208. The molecule has 3 aliphatic rings. The van der Waals surface area contributed by atoms with E-state index in [0.717, 1.165) is 47.2 Å². The van der Waals surface area contributed by atoms with Gasteiger partial charge in [0.1, 0.15) is 11.5 Å². The second-order valence-corrected chi connectivity index (χ2v) is 14.2. The van der Waals surface area contributed by atoms with E-state index in [1.54, 1.807) is 11.6 Å². The van der Waals surface area contributed by atoms with Crippen LogP contribution in [0.4, 0.5) is 0 Å². The van der Waals surface area contributed by atoms with Gasteiger partial charge in [-0.15, -0.1) is 0 Å². The normalized spacial score (nSPS) is 21.9. The number of ether oxygens (including phenoxy) is 1. The van der Waals surface area contributed by atoms with Crippen LogP contribution in [0.2, 0.25) is 10.0 Å². The van der Waals surface area contributed by atoms with Gasteiger partial charge in [-0.05, 0) is 66.3 Å². The number of benzene rings is 4. The molecular weight excluding hydrogens is 594 g/mol. The minimum absolute atomic E-state index is 0.0734. The number of hydrogen-bond donors (Lipinski definition) is 0. The summed E-state index contributed by atoms with van der Waals surface area (Å²) in [5.74, 6) is 4.76. The van der Waals surface area contributed by atoms with Gasteiger partial charge in [0.15, 0.2) is 0 Å². The SMILES string of the molecule is O=P1(N2N=C3C(=Cc4ccc(Cl)cc4)CCCC3C2c2ccc(Cl)cc2)C=C(c2ccccc2)OC(c2ccccc2)=C1. The molecule has 0 amide bonds. The maximum absolute atomic E-state index is 15.4. The van der Waals surface area contributed by atoms with Crippen LogP contribution >= 0.6 is 30.5 Å². The molecule has 2 unspecified atom stereocenters. The molecule has 0 aromatic heterocycles. The number of rotatable bonds is 5. The third-order valence-electron chi connectivity index (χ3n) is 8.17. The molecule has 1 aliphatic carbocycles. The van der Waals surface area contributed by atoms with E-state index in [2.05, 4.69) is 6.08 Å². The summed E-state index contributed by atoms with van der Waals surface area (Å²) in [6.45, 7) is 0. The first-order chi connectivity index (χ1) is 21.0. The second kappa shape index (κ2) is 11.7. The summed E-state index contributed by atoms with van der Waals surface area (Å²) in [7, 11) is -3.41. The molecule has 4 aromatic carbocycles. The highest BCUT2D eigenvalue weighted by Crippen LogP contribution is 2.65. The number of nitrogens with zero attached hydrogens (tertiary/aromatic N) is 2. The minimum atomic E-state index is -3.41. The van der Waals surface area contributed by atoms with Gasteiger partial charge in [-0.2, -0.15) is 5.10 Å². The van der Waals surface area contributed by atoms with Gasteiger partial charge < -0.3 is 4.74 Å². The van der Waals surface area contributed by atoms with Crippen molar-refractivity contribution in [2.24, 2.45) is 11.0 Å². The number of hydrogen-bond acceptors (Lipinski definition) is 3. The van der Waals surface area contributed by atoms with Crippen LogP contribution in [-0.2, 0) is 9.30 Å². The Morgan fingerprint density at radius 2 is 1.33 bits per heavy atom. The monoisotopic (exact) mass is 622 g/mol. The maximum atomic E-state index is 15.4. The van der Waals surface area contributed by atoms with Crippen molar-refractivity contribution >= 4 is 53.8 Å². The van der Waals surface area contributed by atoms with Gasteiger partial charge in [-0.1, -0.05) is 108 Å². The zero-order valence-corrected chi connectivity index (χ0v) is 25.7. The van der Waals surface area contributed by atoms with Crippen LogP contribution in [0.1, 0.15) is 47.6 Å². The largest absolute Gasteiger partial charge is 0.456 e. The summed E-state index contributed by atoms with van der Waals surface area (Å²) in [5, 5.41) is 6.62. The third kappa shape index (κ3) is 5.63. The van der Waals surface area contributed by atoms with Crippen molar-refractivity contribution in [2.45, 2.75) is 25.3 Å². The van der Waals surface area contributed by atoms with E-state index in [4.69, 9.17) is 33.0 Å². The van der Waals surface area contributed by atoms with Gasteiger partial charge >= 0.3 is 0 Å². The van der Waals surface area contributed by atoms with E-state index in [0.29, 0.717) is 21.6 Å². The van der Waals surface area contributed by atoms with Crippen LogP contribution in [0.15, 0.2) is 132 Å². The number of allylic oxidation sites excluding steroid dienone is 1. The molecule has 2 heterocycles. The Bertz CT molecular complexity index is 1760. The molecule has 4 aromatic rings. The molecule has 1 fully saturated rings. The van der Waals surface area contributed by atoms with Crippen LogP contribution in [-0.4, -0.2) is 10.5 Å². The summed E-state index contributed by atoms with van der Waals surface area (Å²) in [6.07, 6.45) is 5.06. The molecule has 4 nitrogen and oxygen atoms in total. The topological polar surface area (TPSA) is 41.9 Å². The predicted molar refractivity (Wildman–Crippen MR) is 178 cm³/mol. The van der Waals surface area contributed by atoms with Crippen LogP contribution in [0, 0.1) is 5.92 Å². The Morgan fingerprint density at radius 3 is 1.91 bits per heavy atom. The van der Waals surface area contributed by atoms with E-state index in [1.807, 2.05) is 114 Å². The lowest BCUT2D eigenvalue weighted by Gasteiger charge is -2.34. The summed E-state index contributed by atoms with van der Waals surface area (Å²) in [5.41, 5.74) is 5.98. The number of halogens is 2. The molecule has 214 valence electrons. The van der Waals surface area contributed by atoms with Gasteiger partial charge in [-0.3, -0.25) is 4.57 Å². The molecule has 0 bridgehead atoms. The lowest BCUT2D eigenvalue weighted by Crippen LogP contribution is -2.27. The van der Waals surface area contributed by atoms with Crippen molar-refractivity contribution in [2.75, 3.05) is 0 Å². The molecule has 7 rings (SSSR count). The number of fused-ring (bicyclic) bond motifs is 1. The minimum Gasteiger partial charge on any atom is -0.456 e. The van der Waals surface area contributed by atoms with E-state index in [1.165, 1.54) is 5.57 Å². The zero-order valence-electron chi connectivity index (χ0n) is 23.3. The van der Waals surface area contributed by atoms with Crippen molar-refractivity contribution in [1.29, 1.82) is 0 Å². The first kappa shape index (κ1) is 28.0. The molecule has 43 heavy (non-hydrogen) atoms. The third-order valence-corrected chi connectivity index (χ3v) is 10.9. The van der Waals surface area contributed by atoms with Gasteiger partial charge in [0.25, 0.3) is 0 Å². The first-order valence-corrected chi connectivity index (χ1v) is 17.0. The fourth-order valence-corrected chi connectivity index (χ4v) is 8.68. The molecular formula is C36H29Cl2N2O2P. The predicted octanol–water partition coefficient (Wildman–Crippen LogP) is 10.9. The standard InChI is InChI=1S/C36H29Cl2N2O2P/c37-30-18-14-25(15-19-30)22-29-12-7-13-32-35(29)39-40(36(32)28-16-20-31(38)21-17-28)43(41)23-33(26-8-3-1-4-9-26)42-34(24-43)27-10-5-2-6-11-27/h1-6,8-11,14-24,32,36H,7,12-13H2. The fraction of sp³-hybridized carbons (Fsp3) is 0.139. The molecule has 0 saturated heterocycles. The molecule has 0 spiro atoms. The summed E-state index contributed by atoms with van der Waals surface area (Å²) in [4.78, 5) is 0. The van der Waals surface area contributed by atoms with Crippen molar-refractivity contribution in [3.8, 4) is 0 Å². The first-order valence-electron chi connectivity index (χ1n) is 14.4. The Hall–Kier alpha value is -3.82. The maximum Gasteiger partial charge on any atom is 0.238 e. The van der Waals surface area contributed by atoms with E-state index >= 15 is 4.57 Å². The molecule has 2 atom stereocenters. The summed E-state index contributed by atoms with van der Waals surface area (Å²) < 4.78 is 23.7. The zero-order chi connectivity index (χ0) is 29.4. The highest BCUT2D eigenvalue weighted by Gasteiger charge is 2.48. The van der Waals surface area contributed by atoms with Gasteiger partial charge in [0.2, 0.25) is 7.29 Å². The average molecular weight is 624 g/mol. The molecule has 2 aliphatic heterocycles. The van der Waals surface area contributed by atoms with Gasteiger partial charge in [0.05, 0.1) is 11.8 Å². The van der Waals surface area contributed by atoms with Crippen LogP contribution in [0.25, 0.3) is 17.6 Å². The van der Waals surface area contributed by atoms with Crippen LogP contribution < -0.4 is 0 Å². The lowest BCUT2D eigenvalue weighted by atomic mass is 9.78. The van der Waals surface area contributed by atoms with Crippen molar-refractivity contribution in [3.05, 3.63) is 159 Å². The summed E-state index contributed by atoms with van der Waals surface area (Å²) >= 11 is 12.5. The second-order valence-electron chi connectivity index (χ2n) is 11.0. The fourth-order valence-electron chi connectivity index (χ4n) is 6.13. The van der Waals surface area contributed by atoms with Crippen molar-refractivity contribution in [3.63, 3.8) is 0 Å². The average Bonchev–Trinajstić information content (AvgIpc) is 3.45. The number of hydrazone groups is 1. The molecule has 1 saturated carbocycles. The molecule has 7 heteroatoms. The van der Waals surface area contributed by atoms with Crippen LogP contribution in [0.5, 0.6) is 0 Å². The lowest BCUT2D eigenvalue weighted by molar-refractivity contribution is 0.313. The Balaban J connectivity index is 1.40. The molecule has 0 radical (unpaired) electrons. The Morgan fingerprint density at radius 1 is 0.767 bits per heavy atom. The van der Waals surface area contributed by atoms with E-state index < -0.39 is 7.29 Å². The highest BCUT2D eigenvalue weighted by atomic mass is 35.5. The van der Waals surface area contributed by atoms with Crippen molar-refractivity contribution in [1.82, 2.24) is 4.78 Å². The van der Waals surface area contributed by atoms with E-state index in [-0.39, 0.29) is 12.0 Å². The Labute approximate surface area is 262 Å². The van der Waals surface area contributed by atoms with Crippen molar-refractivity contribution < 1.29 is 9.30 Å². The van der Waals surface area contributed by atoms with Gasteiger partial charge in [-0.25, -0.2) is 4.78 Å².